The van der Waals surface area contributed by atoms with Gasteiger partial charge in [-0.1, -0.05) is 119 Å². The highest BCUT2D eigenvalue weighted by Crippen LogP contribution is 2.44. The van der Waals surface area contributed by atoms with Crippen molar-refractivity contribution in [2.75, 3.05) is 20.3 Å². The maximum absolute atomic E-state index is 14.3. The second-order valence-corrected chi connectivity index (χ2v) is 17.0. The van der Waals surface area contributed by atoms with Crippen LogP contribution in [0.3, 0.4) is 0 Å². The highest BCUT2D eigenvalue weighted by atomic mass is 32.1. The minimum Gasteiger partial charge on any atom is -0.466 e. The number of unbranched alkanes of at least 4 members (excludes halogenated alkanes) is 1. The fourth-order valence-electron chi connectivity index (χ4n) is 8.05. The summed E-state index contributed by atoms with van der Waals surface area (Å²) in [6.45, 7) is 11.2. The lowest BCUT2D eigenvalue weighted by atomic mass is 9.95. The first kappa shape index (κ1) is 46.5. The van der Waals surface area contributed by atoms with Crippen molar-refractivity contribution in [2.24, 2.45) is 11.8 Å². The number of esters is 2. The molecule has 0 aliphatic heterocycles. The first-order chi connectivity index (χ1) is 29.3. The third-order valence-corrected chi connectivity index (χ3v) is 12.1. The van der Waals surface area contributed by atoms with Crippen LogP contribution in [0.2, 0.25) is 0 Å². The minimum absolute atomic E-state index is 0.0869. The molecule has 5 atom stereocenters. The van der Waals surface area contributed by atoms with Gasteiger partial charge in [0.15, 0.2) is 6.10 Å². The van der Waals surface area contributed by atoms with Gasteiger partial charge in [0.1, 0.15) is 23.4 Å². The Morgan fingerprint density at radius 1 is 0.836 bits per heavy atom. The molecule has 3 amide bonds. The maximum Gasteiger partial charge on any atom is 0.407 e. The van der Waals surface area contributed by atoms with Gasteiger partial charge in [-0.15, -0.1) is 11.3 Å². The minimum atomic E-state index is -0.861. The second kappa shape index (κ2) is 22.3. The molecule has 4 aromatic rings. The lowest BCUT2D eigenvalue weighted by molar-refractivity contribution is -0.149. The van der Waals surface area contributed by atoms with Gasteiger partial charge in [0.25, 0.3) is 5.91 Å². The number of carbonyl (C=O) groups excluding carboxylic acids is 5. The van der Waals surface area contributed by atoms with Crippen molar-refractivity contribution < 1.29 is 38.2 Å². The number of aromatic nitrogens is 1. The molecule has 1 aliphatic rings. The molecule has 5 rings (SSSR count). The number of benzene rings is 3. The monoisotopic (exact) mass is 852 g/mol. The van der Waals surface area contributed by atoms with E-state index in [1.165, 1.54) is 18.3 Å². The standard InChI is InChI=1S/C48H60N4O8S/c1-8-10-24-40(51-48(57)59-28-39-37-22-16-14-20-35(37)36-21-15-17-23-38(36)39)46(55)52(7)42(30(3)4)27-43(60-32(6)53)45-50-41(29-61-45)44(54)49-34(25-31(5)47(56)58-9-2)26-33-18-12-11-13-19-33/h11-23,29-31,34,39-40,42-43H,8-10,24-28H2,1-7H3,(H,49,54)(H,51,57)/t31-,34-,40-,42-,43+/m0/s1. The van der Waals surface area contributed by atoms with Crippen LogP contribution in [0.1, 0.15) is 118 Å². The molecule has 0 unspecified atom stereocenters. The van der Waals surface area contributed by atoms with Crippen LogP contribution in [-0.2, 0) is 35.0 Å². The summed E-state index contributed by atoms with van der Waals surface area (Å²) in [7, 11) is 1.70. The van der Waals surface area contributed by atoms with Crippen LogP contribution in [0.25, 0.3) is 11.1 Å². The van der Waals surface area contributed by atoms with E-state index in [2.05, 4.69) is 39.9 Å². The van der Waals surface area contributed by atoms with E-state index in [0.29, 0.717) is 30.7 Å². The lowest BCUT2D eigenvalue weighted by Gasteiger charge is -2.35. The van der Waals surface area contributed by atoms with Gasteiger partial charge in [-0.05, 0) is 59.9 Å². The predicted molar refractivity (Wildman–Crippen MR) is 236 cm³/mol. The molecule has 326 valence electrons. The number of rotatable bonds is 21. The number of thiazole rings is 1. The molecule has 1 aromatic heterocycles. The molecular weight excluding hydrogens is 793 g/mol. The zero-order chi connectivity index (χ0) is 44.1. The highest BCUT2D eigenvalue weighted by Gasteiger charge is 2.35. The fourth-order valence-corrected chi connectivity index (χ4v) is 8.89. The number of carbonyl (C=O) groups is 5. The molecule has 0 bridgehead atoms. The van der Waals surface area contributed by atoms with Crippen LogP contribution in [0, 0.1) is 11.8 Å². The van der Waals surface area contributed by atoms with Gasteiger partial charge in [-0.2, -0.15) is 0 Å². The molecule has 0 saturated carbocycles. The summed E-state index contributed by atoms with van der Waals surface area (Å²) in [5.41, 5.74) is 5.59. The Morgan fingerprint density at radius 2 is 1.48 bits per heavy atom. The van der Waals surface area contributed by atoms with Crippen LogP contribution < -0.4 is 10.6 Å². The van der Waals surface area contributed by atoms with E-state index in [-0.39, 0.29) is 49.0 Å². The number of nitrogens with zero attached hydrogens (tertiary/aromatic N) is 2. The molecule has 1 aliphatic carbocycles. The molecule has 2 N–H and O–H groups in total. The maximum atomic E-state index is 14.3. The molecule has 0 fully saturated rings. The molecule has 13 heteroatoms. The van der Waals surface area contributed by atoms with Crippen LogP contribution in [-0.4, -0.2) is 78.1 Å². The molecule has 0 spiro atoms. The van der Waals surface area contributed by atoms with Crippen LogP contribution in [0.5, 0.6) is 0 Å². The molecule has 0 radical (unpaired) electrons. The number of nitrogens with one attached hydrogen (secondary N) is 2. The van der Waals surface area contributed by atoms with Gasteiger partial charge in [0.2, 0.25) is 5.91 Å². The van der Waals surface area contributed by atoms with Gasteiger partial charge < -0.3 is 29.7 Å². The van der Waals surface area contributed by atoms with E-state index in [9.17, 15) is 24.0 Å². The largest absolute Gasteiger partial charge is 0.466 e. The van der Waals surface area contributed by atoms with E-state index in [0.717, 1.165) is 34.2 Å². The van der Waals surface area contributed by atoms with Crippen molar-refractivity contribution in [3.8, 4) is 11.1 Å². The van der Waals surface area contributed by atoms with Crippen molar-refractivity contribution in [3.05, 3.63) is 112 Å². The molecular formula is C48H60N4O8S. The average Bonchev–Trinajstić information content (AvgIpc) is 3.86. The van der Waals surface area contributed by atoms with Crippen LogP contribution >= 0.6 is 11.3 Å². The first-order valence-corrected chi connectivity index (χ1v) is 22.2. The number of fused-ring (bicyclic) bond motifs is 3. The molecule has 0 saturated heterocycles. The zero-order valence-corrected chi connectivity index (χ0v) is 37.2. The van der Waals surface area contributed by atoms with Crippen LogP contribution in [0.4, 0.5) is 4.79 Å². The normalized spacial score (nSPS) is 14.4. The predicted octanol–water partition coefficient (Wildman–Crippen LogP) is 8.65. The second-order valence-electron chi connectivity index (χ2n) is 16.1. The zero-order valence-electron chi connectivity index (χ0n) is 36.3. The van der Waals surface area contributed by atoms with E-state index >= 15 is 0 Å². The molecule has 61 heavy (non-hydrogen) atoms. The Balaban J connectivity index is 1.27. The SMILES string of the molecule is CCCC[C@H](NC(=O)OCC1c2ccccc2-c2ccccc21)C(=O)N(C)[C@@H](C[C@@H](OC(C)=O)c1nc(C(=O)N[C@H](Cc2ccccc2)C[C@H](C)C(=O)OCC)cs1)C(C)C. The van der Waals surface area contributed by atoms with Crippen molar-refractivity contribution >= 4 is 41.2 Å². The summed E-state index contributed by atoms with van der Waals surface area (Å²) in [6.07, 6.45) is 1.46. The summed E-state index contributed by atoms with van der Waals surface area (Å²) >= 11 is 1.19. The number of alkyl carbamates (subject to hydrolysis) is 1. The van der Waals surface area contributed by atoms with E-state index in [4.69, 9.17) is 14.2 Å². The number of hydrogen-bond donors (Lipinski definition) is 2. The smallest absolute Gasteiger partial charge is 0.407 e. The summed E-state index contributed by atoms with van der Waals surface area (Å²) in [5.74, 6) is -2.23. The average molecular weight is 853 g/mol. The van der Waals surface area contributed by atoms with Gasteiger partial charge >= 0.3 is 18.0 Å². The molecule has 3 aromatic carbocycles. The van der Waals surface area contributed by atoms with Gasteiger partial charge in [-0.3, -0.25) is 19.2 Å². The Hall–Kier alpha value is -5.56. The summed E-state index contributed by atoms with van der Waals surface area (Å²) in [4.78, 5) is 72.7. The Labute approximate surface area is 363 Å². The van der Waals surface area contributed by atoms with Crippen molar-refractivity contribution in [3.63, 3.8) is 0 Å². The fraction of sp³-hybridized carbons (Fsp3) is 0.458. The summed E-state index contributed by atoms with van der Waals surface area (Å²) in [5, 5.41) is 7.96. The lowest BCUT2D eigenvalue weighted by Crippen LogP contribution is -2.52. The number of amides is 3. The third-order valence-electron chi connectivity index (χ3n) is 11.2. The van der Waals surface area contributed by atoms with Crippen molar-refractivity contribution in [1.82, 2.24) is 20.5 Å². The quantitative estimate of drug-likeness (QED) is 0.0620. The van der Waals surface area contributed by atoms with Crippen molar-refractivity contribution in [2.45, 2.75) is 110 Å². The van der Waals surface area contributed by atoms with Crippen molar-refractivity contribution in [1.29, 1.82) is 0 Å². The number of ether oxygens (including phenoxy) is 3. The summed E-state index contributed by atoms with van der Waals surface area (Å²) in [6, 6.07) is 24.2. The van der Waals surface area contributed by atoms with E-state index < -0.39 is 48.1 Å². The summed E-state index contributed by atoms with van der Waals surface area (Å²) < 4.78 is 16.9. The molecule has 1 heterocycles. The highest BCUT2D eigenvalue weighted by molar-refractivity contribution is 7.09. The topological polar surface area (TPSA) is 153 Å². The number of hydrogen-bond acceptors (Lipinski definition) is 10. The van der Waals surface area contributed by atoms with Crippen LogP contribution in [0.15, 0.2) is 84.2 Å². The van der Waals surface area contributed by atoms with Gasteiger partial charge in [0, 0.05) is 43.8 Å². The number of likely N-dealkylation sites (N-methyl/N-ethyl adjacent to an activating group) is 1. The Bertz CT molecular complexity index is 2060. The van der Waals surface area contributed by atoms with Gasteiger partial charge in [0.05, 0.1) is 12.5 Å². The van der Waals surface area contributed by atoms with Gasteiger partial charge in [-0.25, -0.2) is 9.78 Å². The first-order valence-electron chi connectivity index (χ1n) is 21.3. The molecule has 12 nitrogen and oxygen atoms in total. The van der Waals surface area contributed by atoms with E-state index in [1.54, 1.807) is 31.2 Å². The third kappa shape index (κ3) is 12.5. The Kier molecular flexibility index (Phi) is 17.0. The Morgan fingerprint density at radius 3 is 2.08 bits per heavy atom. The van der Waals surface area contributed by atoms with E-state index in [1.807, 2.05) is 75.4 Å².